The van der Waals surface area contributed by atoms with Gasteiger partial charge < -0.3 is 14.6 Å². The average Bonchev–Trinajstić information content (AvgIpc) is 3.06. The Bertz CT molecular complexity index is 496. The van der Waals surface area contributed by atoms with Crippen LogP contribution in [0.1, 0.15) is 49.0 Å². The molecular weight excluding hydrogens is 268 g/mol. The Balaban J connectivity index is 1.55. The quantitative estimate of drug-likeness (QED) is 0.869. The monoisotopic (exact) mass is 290 g/mol. The first-order chi connectivity index (χ1) is 10.3. The molecule has 5 nitrogen and oxygen atoms in total. The van der Waals surface area contributed by atoms with E-state index in [1.807, 2.05) is 4.90 Å². The Morgan fingerprint density at radius 1 is 1.24 bits per heavy atom. The highest BCUT2D eigenvalue weighted by Crippen LogP contribution is 2.35. The van der Waals surface area contributed by atoms with Crippen LogP contribution in [-0.2, 0) is 9.53 Å². The third-order valence-electron chi connectivity index (χ3n) is 4.71. The number of nitrogens with one attached hydrogen (secondary N) is 1. The van der Waals surface area contributed by atoms with Gasteiger partial charge in [0.1, 0.15) is 5.69 Å². The lowest BCUT2D eigenvalue weighted by molar-refractivity contribution is -0.140. The van der Waals surface area contributed by atoms with E-state index in [9.17, 15) is 9.59 Å². The molecule has 1 saturated heterocycles. The largest absolute Gasteiger partial charge is 0.451 e. The van der Waals surface area contributed by atoms with Crippen LogP contribution in [0.4, 0.5) is 0 Å². The SMILES string of the molecule is O=C(OCC(=O)N1CCC[C@@H]2CCCC[C@@H]21)c1ccc[nH]1. The predicted octanol–water partition coefficient (Wildman–Crippen LogP) is 2.35. The van der Waals surface area contributed by atoms with Crippen molar-refractivity contribution < 1.29 is 14.3 Å². The highest BCUT2D eigenvalue weighted by atomic mass is 16.5. The number of piperidine rings is 1. The van der Waals surface area contributed by atoms with Crippen molar-refractivity contribution >= 4 is 11.9 Å². The molecule has 1 aliphatic heterocycles. The maximum absolute atomic E-state index is 12.4. The summed E-state index contributed by atoms with van der Waals surface area (Å²) in [5, 5.41) is 0. The Morgan fingerprint density at radius 2 is 2.05 bits per heavy atom. The van der Waals surface area contributed by atoms with Gasteiger partial charge in [0.25, 0.3) is 5.91 Å². The van der Waals surface area contributed by atoms with Crippen molar-refractivity contribution in [3.05, 3.63) is 24.0 Å². The second kappa shape index (κ2) is 6.33. The Kier molecular flexibility index (Phi) is 4.27. The molecular formula is C16H22N2O3. The summed E-state index contributed by atoms with van der Waals surface area (Å²) < 4.78 is 5.12. The van der Waals surface area contributed by atoms with E-state index in [1.165, 1.54) is 25.7 Å². The number of hydrogen-bond donors (Lipinski definition) is 1. The number of rotatable bonds is 3. The number of nitrogens with zero attached hydrogens (tertiary/aromatic N) is 1. The van der Waals surface area contributed by atoms with Crippen LogP contribution < -0.4 is 0 Å². The molecule has 0 bridgehead atoms. The van der Waals surface area contributed by atoms with Gasteiger partial charge in [0.15, 0.2) is 6.61 Å². The van der Waals surface area contributed by atoms with Gasteiger partial charge in [-0.05, 0) is 43.7 Å². The molecule has 1 saturated carbocycles. The number of aromatic nitrogens is 1. The fourth-order valence-electron chi connectivity index (χ4n) is 3.68. The molecule has 114 valence electrons. The third kappa shape index (κ3) is 3.12. The molecule has 1 N–H and O–H groups in total. The van der Waals surface area contributed by atoms with Crippen LogP contribution >= 0.6 is 0 Å². The molecule has 3 rings (SSSR count). The van der Waals surface area contributed by atoms with E-state index in [0.29, 0.717) is 17.7 Å². The van der Waals surface area contributed by atoms with Crippen LogP contribution in [0.2, 0.25) is 0 Å². The van der Waals surface area contributed by atoms with Crippen molar-refractivity contribution in [2.24, 2.45) is 5.92 Å². The van der Waals surface area contributed by atoms with Crippen molar-refractivity contribution in [3.63, 3.8) is 0 Å². The first-order valence-corrected chi connectivity index (χ1v) is 7.85. The standard InChI is InChI=1S/C16H22N2O3/c19-15(11-21-16(20)13-7-3-9-17-13)18-10-4-6-12-5-1-2-8-14(12)18/h3,7,9,12,14,17H,1-2,4-6,8,10-11H2/t12-,14-/m0/s1. The van der Waals surface area contributed by atoms with Crippen molar-refractivity contribution in [2.45, 2.75) is 44.6 Å². The molecule has 1 aromatic rings. The van der Waals surface area contributed by atoms with Crippen LogP contribution in [0.5, 0.6) is 0 Å². The molecule has 2 aliphatic rings. The highest BCUT2D eigenvalue weighted by molar-refractivity contribution is 5.89. The normalized spacial score (nSPS) is 25.2. The zero-order chi connectivity index (χ0) is 14.7. The average molecular weight is 290 g/mol. The summed E-state index contributed by atoms with van der Waals surface area (Å²) in [5.41, 5.74) is 0.386. The Hall–Kier alpha value is -1.78. The third-order valence-corrected chi connectivity index (χ3v) is 4.71. The lowest BCUT2D eigenvalue weighted by Gasteiger charge is -2.44. The summed E-state index contributed by atoms with van der Waals surface area (Å²) in [4.78, 5) is 28.9. The van der Waals surface area contributed by atoms with Gasteiger partial charge in [-0.15, -0.1) is 0 Å². The van der Waals surface area contributed by atoms with Crippen LogP contribution in [0, 0.1) is 5.92 Å². The van der Waals surface area contributed by atoms with Crippen molar-refractivity contribution in [1.29, 1.82) is 0 Å². The number of likely N-dealkylation sites (tertiary alicyclic amines) is 1. The predicted molar refractivity (Wildman–Crippen MR) is 77.8 cm³/mol. The molecule has 0 radical (unpaired) electrons. The summed E-state index contributed by atoms with van der Waals surface area (Å²) in [6.45, 7) is 0.654. The molecule has 2 heterocycles. The van der Waals surface area contributed by atoms with Crippen LogP contribution in [0.15, 0.2) is 18.3 Å². The lowest BCUT2D eigenvalue weighted by Crippen LogP contribution is -2.50. The number of ether oxygens (including phenoxy) is 1. The minimum absolute atomic E-state index is 0.0495. The van der Waals surface area contributed by atoms with Gasteiger partial charge in [0, 0.05) is 18.8 Å². The van der Waals surface area contributed by atoms with Gasteiger partial charge in [-0.1, -0.05) is 12.8 Å². The fraction of sp³-hybridized carbons (Fsp3) is 0.625. The lowest BCUT2D eigenvalue weighted by atomic mass is 9.78. The number of hydrogen-bond acceptors (Lipinski definition) is 3. The number of carbonyl (C=O) groups is 2. The van der Waals surface area contributed by atoms with Crippen LogP contribution in [0.25, 0.3) is 0 Å². The molecule has 0 aromatic carbocycles. The molecule has 1 amide bonds. The summed E-state index contributed by atoms with van der Waals surface area (Å²) in [6.07, 6.45) is 8.78. The Morgan fingerprint density at radius 3 is 2.86 bits per heavy atom. The number of esters is 1. The number of amides is 1. The number of carbonyl (C=O) groups excluding carboxylic acids is 2. The second-order valence-corrected chi connectivity index (χ2v) is 6.00. The maximum atomic E-state index is 12.4. The molecule has 1 aliphatic carbocycles. The smallest absolute Gasteiger partial charge is 0.355 e. The van der Waals surface area contributed by atoms with Gasteiger partial charge in [-0.2, -0.15) is 0 Å². The van der Waals surface area contributed by atoms with E-state index in [4.69, 9.17) is 4.74 Å². The summed E-state index contributed by atoms with van der Waals surface area (Å²) >= 11 is 0. The molecule has 0 unspecified atom stereocenters. The van der Waals surface area contributed by atoms with Crippen LogP contribution in [-0.4, -0.2) is 41.0 Å². The van der Waals surface area contributed by atoms with Crippen LogP contribution in [0.3, 0.4) is 0 Å². The molecule has 21 heavy (non-hydrogen) atoms. The van der Waals surface area contributed by atoms with Crippen molar-refractivity contribution in [2.75, 3.05) is 13.2 Å². The van der Waals surface area contributed by atoms with E-state index in [-0.39, 0.29) is 12.5 Å². The van der Waals surface area contributed by atoms with E-state index in [2.05, 4.69) is 4.98 Å². The number of aromatic amines is 1. The molecule has 1 aromatic heterocycles. The first-order valence-electron chi connectivity index (χ1n) is 7.85. The van der Waals surface area contributed by atoms with E-state index in [1.54, 1.807) is 18.3 Å². The van der Waals surface area contributed by atoms with Gasteiger partial charge in [-0.3, -0.25) is 4.79 Å². The zero-order valence-corrected chi connectivity index (χ0v) is 12.2. The number of H-pyrrole nitrogens is 1. The number of fused-ring (bicyclic) bond motifs is 1. The second-order valence-electron chi connectivity index (χ2n) is 6.00. The fourth-order valence-corrected chi connectivity index (χ4v) is 3.68. The van der Waals surface area contributed by atoms with Crippen molar-refractivity contribution in [3.8, 4) is 0 Å². The topological polar surface area (TPSA) is 62.4 Å². The summed E-state index contributed by atoms with van der Waals surface area (Å²) in [7, 11) is 0. The first kappa shape index (κ1) is 14.2. The van der Waals surface area contributed by atoms with Gasteiger partial charge in [-0.25, -0.2) is 4.79 Å². The molecule has 5 heteroatoms. The molecule has 0 spiro atoms. The van der Waals surface area contributed by atoms with E-state index >= 15 is 0 Å². The minimum atomic E-state index is -0.467. The highest BCUT2D eigenvalue weighted by Gasteiger charge is 2.35. The minimum Gasteiger partial charge on any atom is -0.451 e. The maximum Gasteiger partial charge on any atom is 0.355 e. The molecule has 2 atom stereocenters. The van der Waals surface area contributed by atoms with Gasteiger partial charge >= 0.3 is 5.97 Å². The van der Waals surface area contributed by atoms with E-state index in [0.717, 1.165) is 19.4 Å². The van der Waals surface area contributed by atoms with Gasteiger partial charge in [0.05, 0.1) is 0 Å². The van der Waals surface area contributed by atoms with E-state index < -0.39 is 5.97 Å². The Labute approximate surface area is 124 Å². The molecule has 2 fully saturated rings. The van der Waals surface area contributed by atoms with Crippen molar-refractivity contribution in [1.82, 2.24) is 9.88 Å². The summed E-state index contributed by atoms with van der Waals surface area (Å²) in [6, 6.07) is 3.74. The summed E-state index contributed by atoms with van der Waals surface area (Å²) in [5.74, 6) is 0.132. The zero-order valence-electron chi connectivity index (χ0n) is 12.2. The van der Waals surface area contributed by atoms with Gasteiger partial charge in [0.2, 0.25) is 0 Å².